The van der Waals surface area contributed by atoms with Crippen LogP contribution in [0.2, 0.25) is 0 Å². The van der Waals surface area contributed by atoms with Gasteiger partial charge in [-0.1, -0.05) is 19.1 Å². The van der Waals surface area contributed by atoms with Gasteiger partial charge in [-0.25, -0.2) is 4.98 Å². The third-order valence-corrected chi connectivity index (χ3v) is 3.76. The van der Waals surface area contributed by atoms with Gasteiger partial charge < -0.3 is 5.73 Å². The Morgan fingerprint density at radius 2 is 2.06 bits per heavy atom. The number of para-hydroxylation sites is 1. The molecule has 0 saturated heterocycles. The van der Waals surface area contributed by atoms with Crippen LogP contribution in [-0.2, 0) is 0 Å². The lowest BCUT2D eigenvalue weighted by atomic mass is 10.00. The first-order valence-electron chi connectivity index (χ1n) is 5.25. The third-order valence-electron chi connectivity index (χ3n) is 2.71. The Balaban J connectivity index is 2.37. The van der Waals surface area contributed by atoms with Crippen LogP contribution in [0.1, 0.15) is 23.6 Å². The molecule has 3 nitrogen and oxygen atoms in total. The molecule has 0 saturated carbocycles. The number of nitrogens with two attached hydrogens (primary N) is 1. The van der Waals surface area contributed by atoms with E-state index in [1.807, 2.05) is 38.1 Å². The highest BCUT2D eigenvalue weighted by Crippen LogP contribution is 2.24. The first kappa shape index (κ1) is 11.2. The molecule has 0 radical (unpaired) electrons. The lowest BCUT2D eigenvalue weighted by Gasteiger charge is -2.11. The number of hydrogen-bond acceptors (Lipinski definition) is 4. The van der Waals surface area contributed by atoms with E-state index in [1.54, 1.807) is 0 Å². The van der Waals surface area contributed by atoms with Crippen molar-refractivity contribution < 1.29 is 4.79 Å². The van der Waals surface area contributed by atoms with Crippen LogP contribution in [0.5, 0.6) is 0 Å². The predicted octanol–water partition coefficient (Wildman–Crippen LogP) is 2.46. The summed E-state index contributed by atoms with van der Waals surface area (Å²) in [4.78, 5) is 16.4. The second kappa shape index (κ2) is 4.31. The van der Waals surface area contributed by atoms with Gasteiger partial charge >= 0.3 is 0 Å². The SMILES string of the molecule is CC(C(=O)c1nc2ccccc2s1)[C@H](C)N. The first-order valence-corrected chi connectivity index (χ1v) is 6.06. The van der Waals surface area contributed by atoms with E-state index in [4.69, 9.17) is 5.73 Å². The lowest BCUT2D eigenvalue weighted by molar-refractivity contribution is 0.0917. The standard InChI is InChI=1S/C12H14N2OS/c1-7(8(2)13)11(15)12-14-9-5-3-4-6-10(9)16-12/h3-8H,13H2,1-2H3/t7?,8-/m0/s1. The van der Waals surface area contributed by atoms with E-state index >= 15 is 0 Å². The maximum Gasteiger partial charge on any atom is 0.195 e. The summed E-state index contributed by atoms with van der Waals surface area (Å²) in [6.45, 7) is 3.69. The molecule has 0 amide bonds. The van der Waals surface area contributed by atoms with Gasteiger partial charge in [0.25, 0.3) is 0 Å². The van der Waals surface area contributed by atoms with Crippen LogP contribution in [0.4, 0.5) is 0 Å². The highest BCUT2D eigenvalue weighted by atomic mass is 32.1. The Morgan fingerprint density at radius 1 is 1.38 bits per heavy atom. The second-order valence-corrected chi connectivity index (χ2v) is 5.03. The summed E-state index contributed by atoms with van der Waals surface area (Å²) in [7, 11) is 0. The van der Waals surface area contributed by atoms with E-state index in [9.17, 15) is 4.79 Å². The normalized spacial score (nSPS) is 14.9. The number of carbonyl (C=O) groups is 1. The van der Waals surface area contributed by atoms with Gasteiger partial charge in [-0.2, -0.15) is 0 Å². The van der Waals surface area contributed by atoms with Crippen LogP contribution in [0.15, 0.2) is 24.3 Å². The minimum atomic E-state index is -0.180. The van der Waals surface area contributed by atoms with Crippen molar-refractivity contribution in [2.24, 2.45) is 11.7 Å². The van der Waals surface area contributed by atoms with Crippen LogP contribution in [0.25, 0.3) is 10.2 Å². The number of rotatable bonds is 3. The Hall–Kier alpha value is -1.26. The minimum absolute atomic E-state index is 0.0381. The van der Waals surface area contributed by atoms with Crippen molar-refractivity contribution in [1.82, 2.24) is 4.98 Å². The maximum atomic E-state index is 12.0. The second-order valence-electron chi connectivity index (χ2n) is 4.00. The highest BCUT2D eigenvalue weighted by Gasteiger charge is 2.21. The van der Waals surface area contributed by atoms with Crippen LogP contribution in [0.3, 0.4) is 0 Å². The molecule has 0 aliphatic heterocycles. The van der Waals surface area contributed by atoms with Crippen molar-refractivity contribution >= 4 is 27.3 Å². The summed E-state index contributed by atoms with van der Waals surface area (Å²) < 4.78 is 1.04. The van der Waals surface area contributed by atoms with Gasteiger partial charge in [0.1, 0.15) is 0 Å². The zero-order chi connectivity index (χ0) is 11.7. The molecule has 84 valence electrons. The van der Waals surface area contributed by atoms with Gasteiger partial charge in [0.2, 0.25) is 0 Å². The third kappa shape index (κ3) is 1.99. The molecule has 0 aliphatic rings. The van der Waals surface area contributed by atoms with Crippen molar-refractivity contribution in [2.75, 3.05) is 0 Å². The molecular formula is C12H14N2OS. The topological polar surface area (TPSA) is 56.0 Å². The molecule has 2 rings (SSSR count). The number of aromatic nitrogens is 1. The van der Waals surface area contributed by atoms with E-state index in [2.05, 4.69) is 4.98 Å². The number of nitrogens with zero attached hydrogens (tertiary/aromatic N) is 1. The number of ketones is 1. The van der Waals surface area contributed by atoms with Gasteiger partial charge in [-0.05, 0) is 19.1 Å². The Labute approximate surface area is 98.3 Å². The van der Waals surface area contributed by atoms with Gasteiger partial charge in [-0.3, -0.25) is 4.79 Å². The lowest BCUT2D eigenvalue weighted by Crippen LogP contribution is -2.30. The molecule has 0 aliphatic carbocycles. The summed E-state index contributed by atoms with van der Waals surface area (Å²) in [6, 6.07) is 7.62. The minimum Gasteiger partial charge on any atom is -0.327 e. The summed E-state index contributed by atoms with van der Waals surface area (Å²) in [5.41, 5.74) is 6.61. The van der Waals surface area contributed by atoms with Crippen molar-refractivity contribution in [2.45, 2.75) is 19.9 Å². The summed E-state index contributed by atoms with van der Waals surface area (Å²) in [6.07, 6.45) is 0. The summed E-state index contributed by atoms with van der Waals surface area (Å²) in [5.74, 6) is -0.142. The van der Waals surface area contributed by atoms with Crippen LogP contribution in [-0.4, -0.2) is 16.8 Å². The van der Waals surface area contributed by atoms with Gasteiger partial charge in [0, 0.05) is 12.0 Å². The molecule has 4 heteroatoms. The van der Waals surface area contributed by atoms with Crippen LogP contribution >= 0.6 is 11.3 Å². The number of benzene rings is 1. The Morgan fingerprint density at radius 3 is 2.69 bits per heavy atom. The molecule has 16 heavy (non-hydrogen) atoms. The zero-order valence-electron chi connectivity index (χ0n) is 9.31. The maximum absolute atomic E-state index is 12.0. The Kier molecular flexibility index (Phi) is 3.03. The van der Waals surface area contributed by atoms with Gasteiger partial charge in [0.05, 0.1) is 10.2 Å². The Bertz CT molecular complexity index is 485. The first-order chi connectivity index (χ1) is 7.59. The van der Waals surface area contributed by atoms with Crippen molar-refractivity contribution in [3.63, 3.8) is 0 Å². The zero-order valence-corrected chi connectivity index (χ0v) is 10.1. The predicted molar refractivity (Wildman–Crippen MR) is 66.8 cm³/mol. The smallest absolute Gasteiger partial charge is 0.195 e. The number of fused-ring (bicyclic) bond motifs is 1. The largest absolute Gasteiger partial charge is 0.327 e. The number of thiazole rings is 1. The highest BCUT2D eigenvalue weighted by molar-refractivity contribution is 7.20. The summed E-state index contributed by atoms with van der Waals surface area (Å²) >= 11 is 1.43. The van der Waals surface area contributed by atoms with Crippen molar-refractivity contribution in [1.29, 1.82) is 0 Å². The van der Waals surface area contributed by atoms with Crippen molar-refractivity contribution in [3.8, 4) is 0 Å². The van der Waals surface area contributed by atoms with E-state index < -0.39 is 0 Å². The van der Waals surface area contributed by atoms with Crippen molar-refractivity contribution in [3.05, 3.63) is 29.3 Å². The molecule has 0 spiro atoms. The molecular weight excluding hydrogens is 220 g/mol. The molecule has 2 atom stereocenters. The van der Waals surface area contributed by atoms with E-state index in [1.165, 1.54) is 11.3 Å². The summed E-state index contributed by atoms with van der Waals surface area (Å²) in [5, 5.41) is 0.561. The average molecular weight is 234 g/mol. The molecule has 0 fully saturated rings. The molecule has 1 unspecified atom stereocenters. The van der Waals surface area contributed by atoms with Crippen LogP contribution < -0.4 is 5.73 Å². The molecule has 0 bridgehead atoms. The molecule has 2 N–H and O–H groups in total. The van der Waals surface area contributed by atoms with E-state index in [0.717, 1.165) is 10.2 Å². The average Bonchev–Trinajstić information content (AvgIpc) is 2.70. The fourth-order valence-electron chi connectivity index (χ4n) is 1.41. The fourth-order valence-corrected chi connectivity index (χ4v) is 2.41. The molecule has 2 aromatic rings. The number of carbonyl (C=O) groups excluding carboxylic acids is 1. The number of hydrogen-bond donors (Lipinski definition) is 1. The molecule has 1 aromatic heterocycles. The van der Waals surface area contributed by atoms with E-state index in [-0.39, 0.29) is 17.7 Å². The van der Waals surface area contributed by atoms with Gasteiger partial charge in [-0.15, -0.1) is 11.3 Å². The molecule has 1 aromatic carbocycles. The van der Waals surface area contributed by atoms with E-state index in [0.29, 0.717) is 5.01 Å². The number of Topliss-reactive ketones (excluding diaryl/α,β-unsaturated/α-hetero) is 1. The van der Waals surface area contributed by atoms with Crippen LogP contribution in [0, 0.1) is 5.92 Å². The van der Waals surface area contributed by atoms with Gasteiger partial charge in [0.15, 0.2) is 10.8 Å². The fraction of sp³-hybridized carbons (Fsp3) is 0.333. The quantitative estimate of drug-likeness (QED) is 0.830. The molecule has 1 heterocycles. The monoisotopic (exact) mass is 234 g/mol.